The van der Waals surface area contributed by atoms with E-state index in [0.717, 1.165) is 17.8 Å². The Hall–Kier alpha value is -1.68. The maximum absolute atomic E-state index is 5.95. The normalized spacial score (nSPS) is 10.4. The van der Waals surface area contributed by atoms with E-state index in [4.69, 9.17) is 16.3 Å². The SMILES string of the molecule is CCc1ccc(Cc2ncnc(Cl)c2OC)nc1. The fourth-order valence-corrected chi connectivity index (χ4v) is 1.88. The summed E-state index contributed by atoms with van der Waals surface area (Å²) in [6.45, 7) is 2.10. The van der Waals surface area contributed by atoms with Crippen molar-refractivity contribution in [3.63, 3.8) is 0 Å². The number of aryl methyl sites for hydroxylation is 1. The molecule has 94 valence electrons. The van der Waals surface area contributed by atoms with Crippen molar-refractivity contribution in [2.75, 3.05) is 7.11 Å². The minimum absolute atomic E-state index is 0.327. The summed E-state index contributed by atoms with van der Waals surface area (Å²) < 4.78 is 5.21. The molecule has 4 nitrogen and oxygen atoms in total. The van der Waals surface area contributed by atoms with Crippen LogP contribution >= 0.6 is 11.6 Å². The second-order valence-corrected chi connectivity index (χ2v) is 4.19. The van der Waals surface area contributed by atoms with E-state index >= 15 is 0 Å². The zero-order valence-corrected chi connectivity index (χ0v) is 11.1. The molecule has 2 aromatic heterocycles. The van der Waals surface area contributed by atoms with Gasteiger partial charge in [-0.2, -0.15) is 0 Å². The van der Waals surface area contributed by atoms with Gasteiger partial charge >= 0.3 is 0 Å². The van der Waals surface area contributed by atoms with Gasteiger partial charge in [0.25, 0.3) is 0 Å². The number of hydrogen-bond donors (Lipinski definition) is 0. The number of ether oxygens (including phenoxy) is 1. The Morgan fingerprint density at radius 1 is 1.22 bits per heavy atom. The Labute approximate surface area is 111 Å². The fourth-order valence-electron chi connectivity index (χ4n) is 1.65. The number of aromatic nitrogens is 3. The summed E-state index contributed by atoms with van der Waals surface area (Å²) in [5, 5.41) is 0.327. The maximum Gasteiger partial charge on any atom is 0.178 e. The number of methoxy groups -OCH3 is 1. The van der Waals surface area contributed by atoms with Crippen LogP contribution in [0.5, 0.6) is 5.75 Å². The van der Waals surface area contributed by atoms with Crippen LogP contribution in [0.1, 0.15) is 23.9 Å². The third-order valence-electron chi connectivity index (χ3n) is 2.68. The fraction of sp³-hybridized carbons (Fsp3) is 0.308. The molecule has 0 radical (unpaired) electrons. The van der Waals surface area contributed by atoms with Crippen molar-refractivity contribution >= 4 is 11.6 Å². The molecule has 0 unspecified atom stereocenters. The van der Waals surface area contributed by atoms with Gasteiger partial charge in [-0.3, -0.25) is 4.98 Å². The number of nitrogens with zero attached hydrogens (tertiary/aromatic N) is 3. The van der Waals surface area contributed by atoms with Crippen molar-refractivity contribution in [1.29, 1.82) is 0 Å². The molecule has 2 rings (SSSR count). The minimum atomic E-state index is 0.327. The van der Waals surface area contributed by atoms with Crippen LogP contribution in [0.15, 0.2) is 24.7 Å². The van der Waals surface area contributed by atoms with Gasteiger partial charge in [-0.25, -0.2) is 9.97 Å². The molecule has 0 amide bonds. The average Bonchev–Trinajstić information content (AvgIpc) is 2.40. The number of pyridine rings is 1. The molecule has 0 aliphatic heterocycles. The Bertz CT molecular complexity index is 528. The van der Waals surface area contributed by atoms with Gasteiger partial charge in [-0.05, 0) is 18.1 Å². The van der Waals surface area contributed by atoms with Crippen LogP contribution in [-0.4, -0.2) is 22.1 Å². The highest BCUT2D eigenvalue weighted by molar-refractivity contribution is 6.30. The predicted molar refractivity (Wildman–Crippen MR) is 70.0 cm³/mol. The lowest BCUT2D eigenvalue weighted by Gasteiger charge is -2.08. The van der Waals surface area contributed by atoms with Gasteiger partial charge in [0.05, 0.1) is 12.8 Å². The van der Waals surface area contributed by atoms with Gasteiger partial charge in [-0.1, -0.05) is 24.6 Å². The van der Waals surface area contributed by atoms with Crippen molar-refractivity contribution in [1.82, 2.24) is 15.0 Å². The van der Waals surface area contributed by atoms with Crippen LogP contribution in [0.25, 0.3) is 0 Å². The van der Waals surface area contributed by atoms with Crippen LogP contribution in [0.4, 0.5) is 0 Å². The minimum Gasteiger partial charge on any atom is -0.492 e. The van der Waals surface area contributed by atoms with Crippen molar-refractivity contribution in [2.24, 2.45) is 0 Å². The first kappa shape index (κ1) is 12.8. The lowest BCUT2D eigenvalue weighted by Crippen LogP contribution is -2.01. The molecule has 0 atom stereocenters. The molecule has 2 heterocycles. The molecule has 0 saturated carbocycles. The summed E-state index contributed by atoms with van der Waals surface area (Å²) >= 11 is 5.95. The largest absolute Gasteiger partial charge is 0.492 e. The van der Waals surface area contributed by atoms with E-state index < -0.39 is 0 Å². The van der Waals surface area contributed by atoms with E-state index in [1.54, 1.807) is 7.11 Å². The average molecular weight is 264 g/mol. The van der Waals surface area contributed by atoms with E-state index in [9.17, 15) is 0 Å². The van der Waals surface area contributed by atoms with Gasteiger partial charge in [0.1, 0.15) is 6.33 Å². The molecule has 0 N–H and O–H groups in total. The molecule has 0 saturated heterocycles. The lowest BCUT2D eigenvalue weighted by atomic mass is 10.1. The summed E-state index contributed by atoms with van der Waals surface area (Å²) in [7, 11) is 1.56. The van der Waals surface area contributed by atoms with Gasteiger partial charge in [0.2, 0.25) is 0 Å². The van der Waals surface area contributed by atoms with E-state index in [1.165, 1.54) is 11.9 Å². The number of halogens is 1. The lowest BCUT2D eigenvalue weighted by molar-refractivity contribution is 0.405. The number of hydrogen-bond acceptors (Lipinski definition) is 4. The second kappa shape index (κ2) is 5.78. The molecule has 0 fully saturated rings. The van der Waals surface area contributed by atoms with E-state index in [2.05, 4.69) is 27.9 Å². The van der Waals surface area contributed by atoms with Crippen molar-refractivity contribution in [3.8, 4) is 5.75 Å². The molecular weight excluding hydrogens is 250 g/mol. The van der Waals surface area contributed by atoms with Gasteiger partial charge in [0.15, 0.2) is 10.9 Å². The highest BCUT2D eigenvalue weighted by atomic mass is 35.5. The van der Waals surface area contributed by atoms with Gasteiger partial charge < -0.3 is 4.74 Å². The summed E-state index contributed by atoms with van der Waals surface area (Å²) in [4.78, 5) is 12.5. The summed E-state index contributed by atoms with van der Waals surface area (Å²) in [6.07, 6.45) is 4.87. The molecule has 0 bridgehead atoms. The molecule has 0 spiro atoms. The second-order valence-electron chi connectivity index (χ2n) is 3.83. The first-order valence-corrected chi connectivity index (χ1v) is 6.09. The smallest absolute Gasteiger partial charge is 0.178 e. The molecular formula is C13H14ClN3O. The Morgan fingerprint density at radius 2 is 2.06 bits per heavy atom. The molecule has 5 heteroatoms. The van der Waals surface area contributed by atoms with Gasteiger partial charge in [-0.15, -0.1) is 0 Å². The Kier molecular flexibility index (Phi) is 4.10. The van der Waals surface area contributed by atoms with Crippen molar-refractivity contribution < 1.29 is 4.74 Å². The summed E-state index contributed by atoms with van der Waals surface area (Å²) in [5.41, 5.74) is 2.89. The first-order chi connectivity index (χ1) is 8.74. The molecule has 0 aromatic carbocycles. The van der Waals surface area contributed by atoms with Gasteiger partial charge in [0, 0.05) is 18.3 Å². The Morgan fingerprint density at radius 3 is 2.67 bits per heavy atom. The highest BCUT2D eigenvalue weighted by Gasteiger charge is 2.11. The first-order valence-electron chi connectivity index (χ1n) is 5.71. The van der Waals surface area contributed by atoms with Crippen LogP contribution in [0, 0.1) is 0 Å². The van der Waals surface area contributed by atoms with E-state index in [-0.39, 0.29) is 0 Å². The third-order valence-corrected chi connectivity index (χ3v) is 2.95. The monoisotopic (exact) mass is 263 g/mol. The topological polar surface area (TPSA) is 47.9 Å². The van der Waals surface area contributed by atoms with Crippen LogP contribution in [-0.2, 0) is 12.8 Å². The highest BCUT2D eigenvalue weighted by Crippen LogP contribution is 2.25. The zero-order chi connectivity index (χ0) is 13.0. The van der Waals surface area contributed by atoms with E-state index in [0.29, 0.717) is 17.3 Å². The number of rotatable bonds is 4. The standard InChI is InChI=1S/C13H14ClN3O/c1-3-9-4-5-10(15-7-9)6-11-12(18-2)13(14)17-8-16-11/h4-5,7-8H,3,6H2,1-2H3. The van der Waals surface area contributed by atoms with Crippen molar-refractivity contribution in [3.05, 3.63) is 46.8 Å². The summed E-state index contributed by atoms with van der Waals surface area (Å²) in [5.74, 6) is 0.514. The Balaban J connectivity index is 2.25. The third kappa shape index (κ3) is 2.76. The molecule has 18 heavy (non-hydrogen) atoms. The zero-order valence-electron chi connectivity index (χ0n) is 10.4. The maximum atomic E-state index is 5.95. The molecule has 0 aliphatic carbocycles. The predicted octanol–water partition coefficient (Wildman–Crippen LogP) is 2.69. The van der Waals surface area contributed by atoms with Crippen molar-refractivity contribution in [2.45, 2.75) is 19.8 Å². The van der Waals surface area contributed by atoms with Crippen LogP contribution < -0.4 is 4.74 Å². The van der Waals surface area contributed by atoms with Crippen LogP contribution in [0.3, 0.4) is 0 Å². The quantitative estimate of drug-likeness (QED) is 0.796. The van der Waals surface area contributed by atoms with Crippen LogP contribution in [0.2, 0.25) is 5.15 Å². The summed E-state index contributed by atoms with van der Waals surface area (Å²) in [6, 6.07) is 4.06. The van der Waals surface area contributed by atoms with E-state index in [1.807, 2.05) is 12.3 Å². The molecule has 0 aliphatic rings. The molecule has 2 aromatic rings.